The van der Waals surface area contributed by atoms with E-state index in [9.17, 15) is 4.79 Å². The van der Waals surface area contributed by atoms with Gasteiger partial charge in [-0.3, -0.25) is 4.79 Å². The number of benzene rings is 1. The predicted octanol–water partition coefficient (Wildman–Crippen LogP) is 2.07. The average Bonchev–Trinajstić information content (AvgIpc) is 2.42. The van der Waals surface area contributed by atoms with Crippen LogP contribution in [0.15, 0.2) is 41.3 Å². The zero-order chi connectivity index (χ0) is 14.5. The van der Waals surface area contributed by atoms with E-state index in [4.69, 9.17) is 11.6 Å². The van der Waals surface area contributed by atoms with Crippen LogP contribution < -0.4 is 15.8 Å². The highest BCUT2D eigenvalue weighted by Crippen LogP contribution is 2.12. The maximum Gasteiger partial charge on any atom is 0.268 e. The van der Waals surface area contributed by atoms with E-state index in [0.29, 0.717) is 18.1 Å². The lowest BCUT2D eigenvalue weighted by atomic mass is 10.3. The lowest BCUT2D eigenvalue weighted by molar-refractivity contribution is 0.597. The van der Waals surface area contributed by atoms with Gasteiger partial charge in [-0.2, -0.15) is 5.10 Å². The van der Waals surface area contributed by atoms with Crippen LogP contribution in [0, 0.1) is 0 Å². The fraction of sp³-hybridized carbons (Fsp3) is 0.286. The van der Waals surface area contributed by atoms with Gasteiger partial charge in [0.25, 0.3) is 5.56 Å². The minimum absolute atomic E-state index is 0.103. The van der Waals surface area contributed by atoms with Crippen LogP contribution in [0.2, 0.25) is 5.02 Å². The van der Waals surface area contributed by atoms with E-state index < -0.39 is 0 Å². The zero-order valence-corrected chi connectivity index (χ0v) is 12.3. The molecule has 2 rings (SSSR count). The standard InChI is InChI=1S/C14H17ClN4O/c1-18(2)13-9-14(20)19(17-10-13)8-7-16-12-5-3-11(15)4-6-12/h3-6,9-10,16H,7-8H2,1-2H3. The Bertz CT molecular complexity index is 622. The van der Waals surface area contributed by atoms with E-state index >= 15 is 0 Å². The molecule has 0 spiro atoms. The van der Waals surface area contributed by atoms with E-state index in [2.05, 4.69) is 10.4 Å². The molecule has 0 atom stereocenters. The molecule has 0 aliphatic carbocycles. The highest BCUT2D eigenvalue weighted by molar-refractivity contribution is 6.30. The molecule has 20 heavy (non-hydrogen) atoms. The second kappa shape index (κ2) is 6.43. The lowest BCUT2D eigenvalue weighted by Crippen LogP contribution is -2.26. The Labute approximate surface area is 122 Å². The summed E-state index contributed by atoms with van der Waals surface area (Å²) in [6.45, 7) is 1.13. The van der Waals surface area contributed by atoms with Gasteiger partial charge in [-0.15, -0.1) is 0 Å². The van der Waals surface area contributed by atoms with E-state index in [1.165, 1.54) is 4.68 Å². The Morgan fingerprint density at radius 2 is 2.00 bits per heavy atom. The fourth-order valence-electron chi connectivity index (χ4n) is 1.71. The summed E-state index contributed by atoms with van der Waals surface area (Å²) in [6.07, 6.45) is 1.68. The number of nitrogens with zero attached hydrogens (tertiary/aromatic N) is 3. The first-order valence-electron chi connectivity index (χ1n) is 6.30. The summed E-state index contributed by atoms with van der Waals surface area (Å²) >= 11 is 5.82. The number of aromatic nitrogens is 2. The van der Waals surface area contributed by atoms with E-state index in [-0.39, 0.29) is 5.56 Å². The van der Waals surface area contributed by atoms with Crippen LogP contribution in [0.4, 0.5) is 11.4 Å². The Balaban J connectivity index is 1.94. The van der Waals surface area contributed by atoms with Crippen LogP contribution >= 0.6 is 11.6 Å². The molecule has 1 heterocycles. The van der Waals surface area contributed by atoms with Crippen LogP contribution in [0.3, 0.4) is 0 Å². The number of hydrogen-bond acceptors (Lipinski definition) is 4. The maximum atomic E-state index is 11.9. The summed E-state index contributed by atoms with van der Waals surface area (Å²) in [4.78, 5) is 13.7. The van der Waals surface area contributed by atoms with Crippen LogP contribution in [0.1, 0.15) is 0 Å². The minimum atomic E-state index is -0.103. The van der Waals surface area contributed by atoms with Gasteiger partial charge >= 0.3 is 0 Å². The van der Waals surface area contributed by atoms with Crippen molar-refractivity contribution in [2.24, 2.45) is 0 Å². The maximum absolute atomic E-state index is 11.9. The molecule has 0 fully saturated rings. The molecule has 0 saturated heterocycles. The smallest absolute Gasteiger partial charge is 0.268 e. The number of nitrogens with one attached hydrogen (secondary N) is 1. The van der Waals surface area contributed by atoms with Crippen molar-refractivity contribution in [2.75, 3.05) is 30.9 Å². The molecule has 0 unspecified atom stereocenters. The van der Waals surface area contributed by atoms with Crippen molar-refractivity contribution < 1.29 is 0 Å². The number of halogens is 1. The molecule has 2 aromatic rings. The van der Waals surface area contributed by atoms with Crippen molar-refractivity contribution in [1.82, 2.24) is 9.78 Å². The Hall–Kier alpha value is -2.01. The molecule has 1 aromatic heterocycles. The summed E-state index contributed by atoms with van der Waals surface area (Å²) in [5.74, 6) is 0. The fourth-order valence-corrected chi connectivity index (χ4v) is 1.84. The number of hydrogen-bond donors (Lipinski definition) is 1. The molecule has 0 bridgehead atoms. The first-order chi connectivity index (χ1) is 9.56. The van der Waals surface area contributed by atoms with E-state index in [0.717, 1.165) is 11.4 Å². The molecule has 0 radical (unpaired) electrons. The third-order valence-electron chi connectivity index (χ3n) is 2.87. The van der Waals surface area contributed by atoms with Gasteiger partial charge in [-0.05, 0) is 24.3 Å². The summed E-state index contributed by atoms with van der Waals surface area (Å²) in [5, 5.41) is 8.06. The van der Waals surface area contributed by atoms with Gasteiger partial charge in [0.05, 0.1) is 18.4 Å². The largest absolute Gasteiger partial charge is 0.383 e. The van der Waals surface area contributed by atoms with Gasteiger partial charge in [-0.1, -0.05) is 11.6 Å². The van der Waals surface area contributed by atoms with Crippen LogP contribution in [-0.4, -0.2) is 30.4 Å². The normalized spacial score (nSPS) is 10.3. The predicted molar refractivity (Wildman–Crippen MR) is 82.8 cm³/mol. The molecule has 0 amide bonds. The quantitative estimate of drug-likeness (QED) is 0.917. The summed E-state index contributed by atoms with van der Waals surface area (Å²) in [5.41, 5.74) is 1.67. The average molecular weight is 293 g/mol. The molecule has 106 valence electrons. The van der Waals surface area contributed by atoms with Gasteiger partial charge in [0.1, 0.15) is 0 Å². The van der Waals surface area contributed by atoms with Crippen LogP contribution in [0.25, 0.3) is 0 Å². The van der Waals surface area contributed by atoms with Crippen molar-refractivity contribution in [3.63, 3.8) is 0 Å². The molecule has 6 heteroatoms. The van der Waals surface area contributed by atoms with E-state index in [1.54, 1.807) is 12.3 Å². The van der Waals surface area contributed by atoms with Crippen molar-refractivity contribution in [3.05, 3.63) is 51.9 Å². The number of anilines is 2. The number of rotatable bonds is 5. The third kappa shape index (κ3) is 3.74. The van der Waals surface area contributed by atoms with Crippen molar-refractivity contribution in [2.45, 2.75) is 6.54 Å². The molecular weight excluding hydrogens is 276 g/mol. The molecule has 0 aliphatic heterocycles. The van der Waals surface area contributed by atoms with Gasteiger partial charge in [0.2, 0.25) is 0 Å². The topological polar surface area (TPSA) is 50.2 Å². The summed E-state index contributed by atoms with van der Waals surface area (Å²) in [7, 11) is 3.76. The second-order valence-electron chi connectivity index (χ2n) is 4.60. The second-order valence-corrected chi connectivity index (χ2v) is 5.04. The molecule has 0 saturated carbocycles. The Morgan fingerprint density at radius 1 is 1.30 bits per heavy atom. The van der Waals surface area contributed by atoms with Crippen molar-refractivity contribution in [3.8, 4) is 0 Å². The molecule has 5 nitrogen and oxygen atoms in total. The van der Waals surface area contributed by atoms with Gasteiger partial charge in [-0.25, -0.2) is 4.68 Å². The molecular formula is C14H17ClN4O. The monoisotopic (exact) mass is 292 g/mol. The molecule has 1 N–H and O–H groups in total. The van der Waals surface area contributed by atoms with Crippen molar-refractivity contribution >= 4 is 23.0 Å². The zero-order valence-electron chi connectivity index (χ0n) is 11.5. The van der Waals surface area contributed by atoms with Crippen LogP contribution in [0.5, 0.6) is 0 Å². The van der Waals surface area contributed by atoms with E-state index in [1.807, 2.05) is 43.3 Å². The van der Waals surface area contributed by atoms with Crippen LogP contribution in [-0.2, 0) is 6.54 Å². The van der Waals surface area contributed by atoms with Crippen molar-refractivity contribution in [1.29, 1.82) is 0 Å². The SMILES string of the molecule is CN(C)c1cnn(CCNc2ccc(Cl)cc2)c(=O)c1. The first kappa shape index (κ1) is 14.4. The van der Waals surface area contributed by atoms with Gasteiger partial charge < -0.3 is 10.2 Å². The highest BCUT2D eigenvalue weighted by atomic mass is 35.5. The summed E-state index contributed by atoms with van der Waals surface area (Å²) in [6, 6.07) is 9.01. The summed E-state index contributed by atoms with van der Waals surface area (Å²) < 4.78 is 1.44. The van der Waals surface area contributed by atoms with Gasteiger partial charge in [0.15, 0.2) is 0 Å². The Kier molecular flexibility index (Phi) is 4.63. The Morgan fingerprint density at radius 3 is 2.60 bits per heavy atom. The minimum Gasteiger partial charge on any atom is -0.383 e. The first-order valence-corrected chi connectivity index (χ1v) is 6.68. The molecule has 1 aromatic carbocycles. The highest BCUT2D eigenvalue weighted by Gasteiger charge is 2.01. The van der Waals surface area contributed by atoms with Gasteiger partial charge in [0, 0.05) is 37.4 Å². The molecule has 0 aliphatic rings. The lowest BCUT2D eigenvalue weighted by Gasteiger charge is -2.12. The third-order valence-corrected chi connectivity index (χ3v) is 3.12.